The predicted octanol–water partition coefficient (Wildman–Crippen LogP) is 3.54. The lowest BCUT2D eigenvalue weighted by Crippen LogP contribution is -2.37. The number of hydrogen-bond donors (Lipinski definition) is 2. The van der Waals surface area contributed by atoms with Crippen LogP contribution in [0.2, 0.25) is 0 Å². The second-order valence-electron chi connectivity index (χ2n) is 6.65. The molecule has 0 aliphatic carbocycles. The highest BCUT2D eigenvalue weighted by Crippen LogP contribution is 2.28. The van der Waals surface area contributed by atoms with E-state index in [9.17, 15) is 9.59 Å². The van der Waals surface area contributed by atoms with Crippen molar-refractivity contribution < 1.29 is 19.1 Å². The summed E-state index contributed by atoms with van der Waals surface area (Å²) in [6.45, 7) is 0.808. The third-order valence-corrected chi connectivity index (χ3v) is 5.72. The molecule has 2 aromatic carbocycles. The van der Waals surface area contributed by atoms with Crippen LogP contribution in [0.5, 0.6) is 11.5 Å². The van der Waals surface area contributed by atoms with E-state index in [0.29, 0.717) is 47.4 Å². The summed E-state index contributed by atoms with van der Waals surface area (Å²) >= 11 is 1.27. The van der Waals surface area contributed by atoms with Gasteiger partial charge >= 0.3 is 6.09 Å². The number of para-hydroxylation sites is 2. The molecule has 0 spiro atoms. The first-order valence-corrected chi connectivity index (χ1v) is 10.1. The summed E-state index contributed by atoms with van der Waals surface area (Å²) in [7, 11) is 1.55. The fraction of sp³-hybridized carbons (Fsp3) is 0.190. The molecule has 0 radical (unpaired) electrons. The van der Waals surface area contributed by atoms with Gasteiger partial charge in [-0.05, 0) is 24.3 Å². The van der Waals surface area contributed by atoms with Crippen molar-refractivity contribution in [3.8, 4) is 11.5 Å². The predicted molar refractivity (Wildman–Crippen MR) is 114 cm³/mol. The lowest BCUT2D eigenvalue weighted by atomic mass is 10.2. The number of nitrogens with two attached hydrogens (primary N) is 1. The third-order valence-electron chi connectivity index (χ3n) is 4.64. The molecular weight excluding hydrogens is 404 g/mol. The molecule has 0 fully saturated rings. The van der Waals surface area contributed by atoms with Crippen molar-refractivity contribution in [3.05, 3.63) is 64.1 Å². The number of carbonyl (C=O) groups excluding carboxylic acids is 2. The van der Waals surface area contributed by atoms with Gasteiger partial charge in [0.25, 0.3) is 5.91 Å². The highest BCUT2D eigenvalue weighted by atomic mass is 32.1. The number of ether oxygens (including phenoxy) is 2. The summed E-state index contributed by atoms with van der Waals surface area (Å²) in [4.78, 5) is 32.0. The summed E-state index contributed by atoms with van der Waals surface area (Å²) in [5.41, 5.74) is 7.74. The Labute approximate surface area is 177 Å². The SMILES string of the molecule is COc1cccc(OC(=O)N2CCc3nc(C(=O)Nc4ccccc4N)sc3C2)c1. The van der Waals surface area contributed by atoms with Gasteiger partial charge in [-0.15, -0.1) is 11.3 Å². The van der Waals surface area contributed by atoms with Gasteiger partial charge < -0.3 is 25.4 Å². The summed E-state index contributed by atoms with van der Waals surface area (Å²) in [5, 5.41) is 3.12. The maximum Gasteiger partial charge on any atom is 0.415 e. The molecule has 154 valence electrons. The van der Waals surface area contributed by atoms with Crippen molar-refractivity contribution in [3.63, 3.8) is 0 Å². The molecule has 1 aliphatic heterocycles. The molecule has 0 bridgehead atoms. The van der Waals surface area contributed by atoms with Crippen LogP contribution in [0.3, 0.4) is 0 Å². The zero-order valence-corrected chi connectivity index (χ0v) is 17.1. The van der Waals surface area contributed by atoms with Crippen molar-refractivity contribution >= 4 is 34.7 Å². The normalized spacial score (nSPS) is 12.8. The molecule has 0 atom stereocenters. The fourth-order valence-electron chi connectivity index (χ4n) is 3.07. The van der Waals surface area contributed by atoms with E-state index in [4.69, 9.17) is 15.2 Å². The second kappa shape index (κ2) is 8.42. The summed E-state index contributed by atoms with van der Waals surface area (Å²) < 4.78 is 10.6. The molecule has 0 unspecified atom stereocenters. The van der Waals surface area contributed by atoms with Crippen LogP contribution >= 0.6 is 11.3 Å². The molecule has 2 amide bonds. The molecule has 1 aliphatic rings. The van der Waals surface area contributed by atoms with Crippen molar-refractivity contribution in [1.29, 1.82) is 0 Å². The van der Waals surface area contributed by atoms with Gasteiger partial charge in [-0.2, -0.15) is 0 Å². The Morgan fingerprint density at radius 3 is 2.77 bits per heavy atom. The Hall–Kier alpha value is -3.59. The van der Waals surface area contributed by atoms with Gasteiger partial charge in [-0.1, -0.05) is 18.2 Å². The molecule has 3 aromatic rings. The highest BCUT2D eigenvalue weighted by Gasteiger charge is 2.27. The van der Waals surface area contributed by atoms with Gasteiger partial charge in [0.2, 0.25) is 0 Å². The molecule has 2 heterocycles. The van der Waals surface area contributed by atoms with E-state index in [2.05, 4.69) is 10.3 Å². The Bertz CT molecular complexity index is 1100. The Kier molecular flexibility index (Phi) is 5.53. The van der Waals surface area contributed by atoms with E-state index in [-0.39, 0.29) is 5.91 Å². The number of nitrogen functional groups attached to an aromatic ring is 1. The number of carbonyl (C=O) groups is 2. The zero-order valence-electron chi connectivity index (χ0n) is 16.3. The molecular formula is C21H20N4O4S. The van der Waals surface area contributed by atoms with Crippen LogP contribution in [0, 0.1) is 0 Å². The van der Waals surface area contributed by atoms with E-state index < -0.39 is 6.09 Å². The summed E-state index contributed by atoms with van der Waals surface area (Å²) in [6.07, 6.45) is 0.102. The van der Waals surface area contributed by atoms with Crippen molar-refractivity contribution in [2.24, 2.45) is 0 Å². The monoisotopic (exact) mass is 424 g/mol. The number of hydrogen-bond acceptors (Lipinski definition) is 7. The van der Waals surface area contributed by atoms with Crippen LogP contribution in [0.4, 0.5) is 16.2 Å². The minimum absolute atomic E-state index is 0.321. The van der Waals surface area contributed by atoms with E-state index >= 15 is 0 Å². The number of aromatic nitrogens is 1. The van der Waals surface area contributed by atoms with E-state index in [1.165, 1.54) is 11.3 Å². The first kappa shape index (κ1) is 19.7. The Morgan fingerprint density at radius 1 is 1.17 bits per heavy atom. The number of anilines is 2. The van der Waals surface area contributed by atoms with Gasteiger partial charge in [0, 0.05) is 23.9 Å². The number of thiazole rings is 1. The number of methoxy groups -OCH3 is 1. The Morgan fingerprint density at radius 2 is 1.97 bits per heavy atom. The average molecular weight is 424 g/mol. The zero-order chi connectivity index (χ0) is 21.1. The van der Waals surface area contributed by atoms with E-state index in [1.807, 2.05) is 0 Å². The summed E-state index contributed by atoms with van der Waals surface area (Å²) in [5.74, 6) is 0.700. The molecule has 3 N–H and O–H groups in total. The highest BCUT2D eigenvalue weighted by molar-refractivity contribution is 7.13. The minimum Gasteiger partial charge on any atom is -0.497 e. The van der Waals surface area contributed by atoms with Crippen LogP contribution in [0.15, 0.2) is 48.5 Å². The van der Waals surface area contributed by atoms with Crippen molar-refractivity contribution in [2.75, 3.05) is 24.7 Å². The minimum atomic E-state index is -0.453. The van der Waals surface area contributed by atoms with Gasteiger partial charge in [-0.3, -0.25) is 4.79 Å². The van der Waals surface area contributed by atoms with Crippen LogP contribution < -0.4 is 20.5 Å². The number of fused-ring (bicyclic) bond motifs is 1. The quantitative estimate of drug-likeness (QED) is 0.621. The maximum atomic E-state index is 12.6. The number of amides is 2. The topological polar surface area (TPSA) is 107 Å². The lowest BCUT2D eigenvalue weighted by Gasteiger charge is -2.25. The van der Waals surface area contributed by atoms with Gasteiger partial charge in [0.05, 0.1) is 30.7 Å². The fourth-order valence-corrected chi connectivity index (χ4v) is 4.08. The van der Waals surface area contributed by atoms with Gasteiger partial charge in [0.1, 0.15) is 11.5 Å². The van der Waals surface area contributed by atoms with Crippen LogP contribution in [0.1, 0.15) is 20.4 Å². The smallest absolute Gasteiger partial charge is 0.415 e. The molecule has 1 aromatic heterocycles. The number of nitrogens with one attached hydrogen (secondary N) is 1. The first-order valence-electron chi connectivity index (χ1n) is 9.28. The third kappa shape index (κ3) is 4.20. The number of nitrogens with zero attached hydrogens (tertiary/aromatic N) is 2. The summed E-state index contributed by atoms with van der Waals surface area (Å²) in [6, 6.07) is 13.9. The Balaban J connectivity index is 1.43. The largest absolute Gasteiger partial charge is 0.497 e. The van der Waals surface area contributed by atoms with Crippen LogP contribution in [-0.4, -0.2) is 35.5 Å². The average Bonchev–Trinajstić information content (AvgIpc) is 3.19. The van der Waals surface area contributed by atoms with Crippen LogP contribution in [0.25, 0.3) is 0 Å². The first-order chi connectivity index (χ1) is 14.5. The molecule has 4 rings (SSSR count). The molecule has 0 saturated heterocycles. The molecule has 30 heavy (non-hydrogen) atoms. The van der Waals surface area contributed by atoms with Crippen molar-refractivity contribution in [2.45, 2.75) is 13.0 Å². The lowest BCUT2D eigenvalue weighted by molar-refractivity contribution is 0.102. The second-order valence-corrected chi connectivity index (χ2v) is 7.73. The van der Waals surface area contributed by atoms with Gasteiger partial charge in [-0.25, -0.2) is 9.78 Å². The van der Waals surface area contributed by atoms with E-state index in [0.717, 1.165) is 10.6 Å². The standard InChI is InChI=1S/C21H20N4O4S/c1-28-13-5-4-6-14(11-13)29-21(27)25-10-9-17-18(12-25)30-20(24-17)19(26)23-16-8-3-2-7-15(16)22/h2-8,11H,9-10,12,22H2,1H3,(H,23,26). The van der Waals surface area contributed by atoms with Gasteiger partial charge in [0.15, 0.2) is 5.01 Å². The van der Waals surface area contributed by atoms with E-state index in [1.54, 1.807) is 60.5 Å². The molecule has 0 saturated carbocycles. The number of rotatable bonds is 4. The molecule has 9 heteroatoms. The number of benzene rings is 2. The maximum absolute atomic E-state index is 12.6. The molecule has 8 nitrogen and oxygen atoms in total. The van der Waals surface area contributed by atoms with Crippen LogP contribution in [-0.2, 0) is 13.0 Å². The van der Waals surface area contributed by atoms with Crippen molar-refractivity contribution in [1.82, 2.24) is 9.88 Å².